The molecule has 1 N–H and O–H groups in total. The normalized spacial score (nSPS) is 12.8. The summed E-state index contributed by atoms with van der Waals surface area (Å²) in [4.78, 5) is 23.1. The second-order valence-corrected chi connectivity index (χ2v) is 3.57. The Balaban J connectivity index is 2.31. The van der Waals surface area contributed by atoms with Crippen LogP contribution in [0.3, 0.4) is 0 Å². The Morgan fingerprint density at radius 2 is 2.25 bits per heavy atom. The van der Waals surface area contributed by atoms with Crippen LogP contribution in [0.15, 0.2) is 18.2 Å². The summed E-state index contributed by atoms with van der Waals surface area (Å²) in [5.41, 5.74) is 2.27. The SMILES string of the molecule is CCOC(=O)C(=O)c1cccc2c1NCC2. The summed E-state index contributed by atoms with van der Waals surface area (Å²) in [6.45, 7) is 2.70. The highest BCUT2D eigenvalue weighted by molar-refractivity contribution is 6.42. The molecule has 0 aliphatic carbocycles. The molecule has 84 valence electrons. The van der Waals surface area contributed by atoms with E-state index in [1.165, 1.54) is 0 Å². The third kappa shape index (κ3) is 1.78. The van der Waals surface area contributed by atoms with Crippen molar-refractivity contribution in [1.29, 1.82) is 0 Å². The summed E-state index contributed by atoms with van der Waals surface area (Å²) in [7, 11) is 0. The van der Waals surface area contributed by atoms with Crippen molar-refractivity contribution >= 4 is 17.4 Å². The average molecular weight is 219 g/mol. The van der Waals surface area contributed by atoms with Crippen molar-refractivity contribution in [2.75, 3.05) is 18.5 Å². The molecule has 1 aromatic rings. The molecular formula is C12H13NO3. The van der Waals surface area contributed by atoms with Crippen molar-refractivity contribution in [2.24, 2.45) is 0 Å². The number of para-hydroxylation sites is 1. The molecule has 2 rings (SSSR count). The molecule has 0 fully saturated rings. The number of Topliss-reactive ketones (excluding diaryl/α,β-unsaturated/α-hetero) is 1. The van der Waals surface area contributed by atoms with Crippen LogP contribution < -0.4 is 5.32 Å². The number of hydrogen-bond donors (Lipinski definition) is 1. The highest BCUT2D eigenvalue weighted by Crippen LogP contribution is 2.26. The lowest BCUT2D eigenvalue weighted by Gasteiger charge is -2.06. The Kier molecular flexibility index (Phi) is 2.90. The number of carbonyl (C=O) groups is 2. The highest BCUT2D eigenvalue weighted by Gasteiger charge is 2.24. The zero-order chi connectivity index (χ0) is 11.5. The minimum atomic E-state index is -0.787. The van der Waals surface area contributed by atoms with Gasteiger partial charge in [-0.2, -0.15) is 0 Å². The summed E-state index contributed by atoms with van der Waals surface area (Å²) >= 11 is 0. The minimum absolute atomic E-state index is 0.215. The number of rotatable bonds is 3. The Morgan fingerprint density at radius 3 is 3.00 bits per heavy atom. The lowest BCUT2D eigenvalue weighted by atomic mass is 10.0. The van der Waals surface area contributed by atoms with Gasteiger partial charge in [0.1, 0.15) is 0 Å². The third-order valence-corrected chi connectivity index (χ3v) is 2.55. The van der Waals surface area contributed by atoms with E-state index in [0.29, 0.717) is 5.56 Å². The van der Waals surface area contributed by atoms with Gasteiger partial charge in [-0.1, -0.05) is 12.1 Å². The minimum Gasteiger partial charge on any atom is -0.460 e. The van der Waals surface area contributed by atoms with Crippen molar-refractivity contribution in [3.05, 3.63) is 29.3 Å². The second-order valence-electron chi connectivity index (χ2n) is 3.57. The number of hydrogen-bond acceptors (Lipinski definition) is 4. The van der Waals surface area contributed by atoms with Crippen LogP contribution in [0, 0.1) is 0 Å². The number of fused-ring (bicyclic) bond motifs is 1. The van der Waals surface area contributed by atoms with Gasteiger partial charge < -0.3 is 10.1 Å². The van der Waals surface area contributed by atoms with Crippen molar-refractivity contribution in [3.8, 4) is 0 Å². The van der Waals surface area contributed by atoms with Crippen molar-refractivity contribution < 1.29 is 14.3 Å². The quantitative estimate of drug-likeness (QED) is 0.474. The van der Waals surface area contributed by atoms with Gasteiger partial charge in [0.25, 0.3) is 5.78 Å². The number of nitrogens with one attached hydrogen (secondary N) is 1. The van der Waals surface area contributed by atoms with Crippen LogP contribution in [0.5, 0.6) is 0 Å². The Morgan fingerprint density at radius 1 is 1.44 bits per heavy atom. The fourth-order valence-electron chi connectivity index (χ4n) is 1.84. The van der Waals surface area contributed by atoms with E-state index in [4.69, 9.17) is 4.74 Å². The smallest absolute Gasteiger partial charge is 0.379 e. The van der Waals surface area contributed by atoms with Gasteiger partial charge in [-0.05, 0) is 25.0 Å². The topological polar surface area (TPSA) is 55.4 Å². The monoisotopic (exact) mass is 219 g/mol. The van der Waals surface area contributed by atoms with Crippen molar-refractivity contribution in [1.82, 2.24) is 0 Å². The Hall–Kier alpha value is -1.84. The van der Waals surface area contributed by atoms with Gasteiger partial charge in [-0.3, -0.25) is 4.79 Å². The molecule has 0 spiro atoms. The maximum absolute atomic E-state index is 11.8. The Labute approximate surface area is 93.6 Å². The first kappa shape index (κ1) is 10.7. The van der Waals surface area contributed by atoms with E-state index in [0.717, 1.165) is 24.2 Å². The maximum atomic E-state index is 11.8. The molecule has 16 heavy (non-hydrogen) atoms. The van der Waals surface area contributed by atoms with E-state index in [2.05, 4.69) is 5.32 Å². The molecule has 1 heterocycles. The van der Waals surface area contributed by atoms with Crippen LogP contribution in [-0.2, 0) is 16.0 Å². The molecule has 0 bridgehead atoms. The zero-order valence-corrected chi connectivity index (χ0v) is 9.08. The van der Waals surface area contributed by atoms with Crippen LogP contribution in [0.1, 0.15) is 22.8 Å². The van der Waals surface area contributed by atoms with E-state index in [9.17, 15) is 9.59 Å². The van der Waals surface area contributed by atoms with E-state index in [1.807, 2.05) is 6.07 Å². The van der Waals surface area contributed by atoms with Gasteiger partial charge in [0, 0.05) is 12.2 Å². The second kappa shape index (κ2) is 4.35. The molecule has 0 unspecified atom stereocenters. The van der Waals surface area contributed by atoms with E-state index >= 15 is 0 Å². The van der Waals surface area contributed by atoms with Crippen LogP contribution in [0.2, 0.25) is 0 Å². The number of anilines is 1. The first-order valence-electron chi connectivity index (χ1n) is 5.31. The molecule has 0 saturated carbocycles. The number of esters is 1. The van der Waals surface area contributed by atoms with Crippen molar-refractivity contribution in [3.63, 3.8) is 0 Å². The largest absolute Gasteiger partial charge is 0.460 e. The van der Waals surface area contributed by atoms with Crippen LogP contribution in [-0.4, -0.2) is 24.9 Å². The molecule has 0 atom stereocenters. The van der Waals surface area contributed by atoms with Gasteiger partial charge in [-0.15, -0.1) is 0 Å². The number of carbonyl (C=O) groups excluding carboxylic acids is 2. The fraction of sp³-hybridized carbons (Fsp3) is 0.333. The van der Waals surface area contributed by atoms with Crippen LogP contribution >= 0.6 is 0 Å². The summed E-state index contributed by atoms with van der Waals surface area (Å²) in [6.07, 6.45) is 0.888. The lowest BCUT2D eigenvalue weighted by molar-refractivity contribution is -0.137. The summed E-state index contributed by atoms with van der Waals surface area (Å²) in [5, 5.41) is 3.12. The highest BCUT2D eigenvalue weighted by atomic mass is 16.5. The summed E-state index contributed by atoms with van der Waals surface area (Å²) in [5.74, 6) is -1.36. The van der Waals surface area contributed by atoms with E-state index < -0.39 is 11.8 Å². The molecule has 4 heteroatoms. The predicted molar refractivity (Wildman–Crippen MR) is 59.6 cm³/mol. The molecule has 0 aromatic heterocycles. The predicted octanol–water partition coefficient (Wildman–Crippen LogP) is 1.40. The van der Waals surface area contributed by atoms with E-state index in [-0.39, 0.29) is 6.61 Å². The molecule has 0 amide bonds. The summed E-state index contributed by atoms with van der Waals surface area (Å²) in [6, 6.07) is 5.39. The number of ether oxygens (including phenoxy) is 1. The van der Waals surface area contributed by atoms with Gasteiger partial charge in [0.2, 0.25) is 0 Å². The fourth-order valence-corrected chi connectivity index (χ4v) is 1.84. The average Bonchev–Trinajstić information content (AvgIpc) is 2.76. The molecule has 4 nitrogen and oxygen atoms in total. The first-order valence-corrected chi connectivity index (χ1v) is 5.31. The Bertz CT molecular complexity index is 440. The van der Waals surface area contributed by atoms with Crippen LogP contribution in [0.4, 0.5) is 5.69 Å². The third-order valence-electron chi connectivity index (χ3n) is 2.55. The molecule has 0 radical (unpaired) electrons. The molecular weight excluding hydrogens is 206 g/mol. The number of benzene rings is 1. The molecule has 1 aliphatic rings. The van der Waals surface area contributed by atoms with Gasteiger partial charge in [0.05, 0.1) is 12.2 Å². The molecule has 1 aromatic carbocycles. The zero-order valence-electron chi connectivity index (χ0n) is 9.08. The molecule has 1 aliphatic heterocycles. The lowest BCUT2D eigenvalue weighted by Crippen LogP contribution is -2.18. The van der Waals surface area contributed by atoms with Crippen molar-refractivity contribution in [2.45, 2.75) is 13.3 Å². The first-order chi connectivity index (χ1) is 7.74. The molecule has 0 saturated heterocycles. The van der Waals surface area contributed by atoms with Gasteiger partial charge >= 0.3 is 5.97 Å². The van der Waals surface area contributed by atoms with E-state index in [1.54, 1.807) is 19.1 Å². The van der Waals surface area contributed by atoms with Gasteiger partial charge in [0.15, 0.2) is 0 Å². The standard InChI is InChI=1S/C12H13NO3/c1-2-16-12(15)11(14)9-5-3-4-8-6-7-13-10(8)9/h3-5,13H,2,6-7H2,1H3. The number of ketones is 1. The summed E-state index contributed by atoms with van der Waals surface area (Å²) < 4.78 is 4.70. The van der Waals surface area contributed by atoms with Crippen LogP contribution in [0.25, 0.3) is 0 Å². The maximum Gasteiger partial charge on any atom is 0.379 e. The van der Waals surface area contributed by atoms with Gasteiger partial charge in [-0.25, -0.2) is 4.79 Å².